The summed E-state index contributed by atoms with van der Waals surface area (Å²) < 4.78 is 11.4. The first-order valence-electron chi connectivity index (χ1n) is 8.82. The predicted octanol–water partition coefficient (Wildman–Crippen LogP) is 4.03. The van der Waals surface area contributed by atoms with E-state index in [0.29, 0.717) is 19.8 Å². The fraction of sp³-hybridized carbons (Fsp3) is 0.350. The van der Waals surface area contributed by atoms with Gasteiger partial charge in [-0.05, 0) is 41.8 Å². The van der Waals surface area contributed by atoms with Gasteiger partial charge in [-0.3, -0.25) is 4.99 Å². The number of halogens is 2. The highest BCUT2D eigenvalue weighted by atomic mass is 127. The fourth-order valence-corrected chi connectivity index (χ4v) is 2.95. The van der Waals surface area contributed by atoms with Gasteiger partial charge in [0.05, 0.1) is 13.2 Å². The smallest absolute Gasteiger partial charge is 0.191 e. The van der Waals surface area contributed by atoms with Gasteiger partial charge in [0.25, 0.3) is 0 Å². The summed E-state index contributed by atoms with van der Waals surface area (Å²) in [6.07, 6.45) is 1.79. The van der Waals surface area contributed by atoms with Crippen molar-refractivity contribution < 1.29 is 9.47 Å². The summed E-state index contributed by atoms with van der Waals surface area (Å²) in [6.45, 7) is 2.83. The molecule has 0 saturated heterocycles. The number of fused-ring (bicyclic) bond motifs is 1. The highest BCUT2D eigenvalue weighted by Gasteiger charge is 2.10. The van der Waals surface area contributed by atoms with Gasteiger partial charge in [0.15, 0.2) is 17.5 Å². The number of nitrogens with one attached hydrogen (secondary N) is 2. The van der Waals surface area contributed by atoms with Gasteiger partial charge >= 0.3 is 0 Å². The monoisotopic (exact) mass is 501 g/mol. The van der Waals surface area contributed by atoms with Crippen LogP contribution in [-0.2, 0) is 13.0 Å². The van der Waals surface area contributed by atoms with Gasteiger partial charge < -0.3 is 20.1 Å². The van der Waals surface area contributed by atoms with Gasteiger partial charge in [-0.1, -0.05) is 29.8 Å². The second kappa shape index (κ2) is 11.2. The van der Waals surface area contributed by atoms with E-state index >= 15 is 0 Å². The lowest BCUT2D eigenvalue weighted by atomic mass is 10.1. The molecule has 2 aromatic rings. The molecule has 3 rings (SSSR count). The third-order valence-corrected chi connectivity index (χ3v) is 4.33. The maximum absolute atomic E-state index is 6.02. The first kappa shape index (κ1) is 21.6. The van der Waals surface area contributed by atoms with Gasteiger partial charge in [-0.25, -0.2) is 0 Å². The van der Waals surface area contributed by atoms with Crippen LogP contribution in [-0.4, -0.2) is 32.8 Å². The van der Waals surface area contributed by atoms with E-state index in [1.807, 2.05) is 36.4 Å². The predicted molar refractivity (Wildman–Crippen MR) is 121 cm³/mol. The molecule has 2 aromatic carbocycles. The summed E-state index contributed by atoms with van der Waals surface area (Å²) in [4.78, 5) is 4.27. The minimum Gasteiger partial charge on any atom is -0.490 e. The fourth-order valence-electron chi connectivity index (χ4n) is 2.74. The number of nitrogens with zero attached hydrogens (tertiary/aromatic N) is 1. The minimum absolute atomic E-state index is 0. The average molecular weight is 502 g/mol. The van der Waals surface area contributed by atoms with Gasteiger partial charge in [-0.2, -0.15) is 0 Å². The van der Waals surface area contributed by atoms with E-state index in [1.54, 1.807) is 7.05 Å². The molecule has 0 aliphatic carbocycles. The first-order valence-corrected chi connectivity index (χ1v) is 9.20. The first-order chi connectivity index (χ1) is 12.7. The van der Waals surface area contributed by atoms with Crippen LogP contribution in [0.3, 0.4) is 0 Å². The van der Waals surface area contributed by atoms with Crippen LogP contribution in [0, 0.1) is 0 Å². The van der Waals surface area contributed by atoms with Crippen molar-refractivity contribution in [1.82, 2.24) is 10.6 Å². The van der Waals surface area contributed by atoms with Crippen LogP contribution in [0.15, 0.2) is 47.5 Å². The largest absolute Gasteiger partial charge is 0.490 e. The summed E-state index contributed by atoms with van der Waals surface area (Å²) in [7, 11) is 1.77. The Hall–Kier alpha value is -1.67. The number of hydrogen-bond acceptors (Lipinski definition) is 3. The lowest BCUT2D eigenvalue weighted by Gasteiger charge is -2.13. The molecule has 0 spiro atoms. The maximum Gasteiger partial charge on any atom is 0.191 e. The van der Waals surface area contributed by atoms with Gasteiger partial charge in [0.1, 0.15) is 0 Å². The Morgan fingerprint density at radius 2 is 1.85 bits per heavy atom. The molecule has 1 heterocycles. The molecule has 0 bridgehead atoms. The molecule has 146 valence electrons. The maximum atomic E-state index is 6.02. The van der Waals surface area contributed by atoms with E-state index in [-0.39, 0.29) is 24.0 Å². The van der Waals surface area contributed by atoms with Crippen LogP contribution < -0.4 is 20.1 Å². The summed E-state index contributed by atoms with van der Waals surface area (Å²) in [5.74, 6) is 2.39. The van der Waals surface area contributed by atoms with Crippen LogP contribution in [0.1, 0.15) is 17.5 Å². The highest BCUT2D eigenvalue weighted by molar-refractivity contribution is 14.0. The van der Waals surface area contributed by atoms with E-state index in [1.165, 1.54) is 5.56 Å². The molecule has 27 heavy (non-hydrogen) atoms. The lowest BCUT2D eigenvalue weighted by molar-refractivity contribution is 0.297. The second-order valence-electron chi connectivity index (χ2n) is 6.06. The van der Waals surface area contributed by atoms with E-state index in [2.05, 4.69) is 21.7 Å². The molecule has 5 nitrogen and oxygen atoms in total. The van der Waals surface area contributed by atoms with Gasteiger partial charge in [0, 0.05) is 31.6 Å². The number of hydrogen-bond donors (Lipinski definition) is 2. The Balaban J connectivity index is 0.00000261. The van der Waals surface area contributed by atoms with Crippen LogP contribution in [0.4, 0.5) is 0 Å². The van der Waals surface area contributed by atoms with Crippen LogP contribution in [0.25, 0.3) is 0 Å². The van der Waals surface area contributed by atoms with E-state index in [4.69, 9.17) is 21.1 Å². The van der Waals surface area contributed by atoms with Crippen molar-refractivity contribution in [2.75, 3.05) is 26.8 Å². The van der Waals surface area contributed by atoms with Crippen LogP contribution in [0.5, 0.6) is 11.5 Å². The van der Waals surface area contributed by atoms with Crippen LogP contribution in [0.2, 0.25) is 5.02 Å². The highest BCUT2D eigenvalue weighted by Crippen LogP contribution is 2.30. The van der Waals surface area contributed by atoms with Crippen molar-refractivity contribution >= 4 is 41.5 Å². The third-order valence-electron chi connectivity index (χ3n) is 4.09. The van der Waals surface area contributed by atoms with Crippen molar-refractivity contribution in [3.05, 3.63) is 58.6 Å². The van der Waals surface area contributed by atoms with E-state index < -0.39 is 0 Å². The lowest BCUT2D eigenvalue weighted by Crippen LogP contribution is -2.37. The summed E-state index contributed by atoms with van der Waals surface area (Å²) in [5.41, 5.74) is 2.32. The molecule has 1 aliphatic rings. The van der Waals surface area contributed by atoms with Crippen molar-refractivity contribution in [1.29, 1.82) is 0 Å². The molecule has 0 atom stereocenters. The Morgan fingerprint density at radius 1 is 1.04 bits per heavy atom. The molecule has 0 saturated carbocycles. The number of guanidine groups is 1. The van der Waals surface area contributed by atoms with Gasteiger partial charge in [-0.15, -0.1) is 24.0 Å². The zero-order valence-corrected chi connectivity index (χ0v) is 18.4. The molecule has 0 amide bonds. The molecule has 0 fully saturated rings. The van der Waals surface area contributed by atoms with Crippen LogP contribution >= 0.6 is 35.6 Å². The molecule has 2 N–H and O–H groups in total. The second-order valence-corrected chi connectivity index (χ2v) is 6.50. The molecule has 0 aromatic heterocycles. The Kier molecular flexibility index (Phi) is 9.00. The molecule has 0 radical (unpaired) electrons. The molecule has 0 unspecified atom stereocenters. The van der Waals surface area contributed by atoms with Gasteiger partial charge in [0.2, 0.25) is 0 Å². The Labute approximate surface area is 182 Å². The minimum atomic E-state index is 0. The molecular weight excluding hydrogens is 477 g/mol. The molecule has 7 heteroatoms. The summed E-state index contributed by atoms with van der Waals surface area (Å²) in [6, 6.07) is 13.9. The number of benzene rings is 2. The Bertz CT molecular complexity index is 771. The number of ether oxygens (including phenoxy) is 2. The van der Waals surface area contributed by atoms with E-state index in [0.717, 1.165) is 47.4 Å². The standard InChI is InChI=1S/C20H24ClN3O2.HI/c1-22-20(23-9-8-15-4-2-5-17(21)12-15)24-14-16-6-7-18-19(13-16)26-11-3-10-25-18;/h2,4-7,12-13H,3,8-11,14H2,1H3,(H2,22,23,24);1H. The zero-order valence-electron chi connectivity index (χ0n) is 15.3. The van der Waals surface area contributed by atoms with Crippen molar-refractivity contribution in [2.24, 2.45) is 4.99 Å². The summed E-state index contributed by atoms with van der Waals surface area (Å²) in [5, 5.41) is 7.41. The SMILES string of the molecule is CN=C(NCCc1cccc(Cl)c1)NCc1ccc2c(c1)OCCCO2.I. The normalized spacial score (nSPS) is 13.3. The molecule has 1 aliphatic heterocycles. The summed E-state index contributed by atoms with van der Waals surface area (Å²) >= 11 is 6.02. The number of rotatable bonds is 5. The quantitative estimate of drug-likeness (QED) is 0.369. The van der Waals surface area contributed by atoms with Crippen molar-refractivity contribution in [3.8, 4) is 11.5 Å². The average Bonchev–Trinajstić information content (AvgIpc) is 2.89. The Morgan fingerprint density at radius 3 is 2.63 bits per heavy atom. The van der Waals surface area contributed by atoms with E-state index in [9.17, 15) is 0 Å². The third kappa shape index (κ3) is 6.77. The van der Waals surface area contributed by atoms with Crippen molar-refractivity contribution in [2.45, 2.75) is 19.4 Å². The topological polar surface area (TPSA) is 54.9 Å². The van der Waals surface area contributed by atoms with Crippen molar-refractivity contribution in [3.63, 3.8) is 0 Å². The zero-order chi connectivity index (χ0) is 18.2. The molecular formula is C20H25ClIN3O2. The number of aliphatic imine (C=N–C) groups is 1.